The van der Waals surface area contributed by atoms with E-state index < -0.39 is 29.6 Å². The molecule has 11 heteroatoms. The second-order valence-electron chi connectivity index (χ2n) is 16.1. The molecule has 0 radical (unpaired) electrons. The summed E-state index contributed by atoms with van der Waals surface area (Å²) in [7, 11) is 0. The van der Waals surface area contributed by atoms with Gasteiger partial charge in [-0.1, -0.05) is 84.9 Å². The number of thiophene rings is 2. The molecule has 2 atom stereocenters. The maximum absolute atomic E-state index is 15.1. The van der Waals surface area contributed by atoms with Gasteiger partial charge in [-0.2, -0.15) is 0 Å². The molecule has 6 heterocycles. The summed E-state index contributed by atoms with van der Waals surface area (Å²) in [5.41, 5.74) is 6.76. The van der Waals surface area contributed by atoms with Gasteiger partial charge in [-0.05, 0) is 54.3 Å². The molecule has 5 aromatic carbocycles. The van der Waals surface area contributed by atoms with Crippen molar-refractivity contribution in [2.75, 3.05) is 0 Å². The van der Waals surface area contributed by atoms with E-state index in [1.165, 1.54) is 39.7 Å². The van der Waals surface area contributed by atoms with Gasteiger partial charge in [0, 0.05) is 107 Å². The lowest BCUT2D eigenvalue weighted by molar-refractivity contribution is -0.137. The topological polar surface area (TPSA) is 93.4 Å². The number of amides is 4. The number of fused-ring (bicyclic) bond motifs is 4. The minimum absolute atomic E-state index is 0.0865. The standard InChI is InChI=1S/C51H33FN4O4S2/c52-30-18-19-43-34(21-30)38(27-62-43)47-46(36-25-54(22-28-10-2-1-3-11-28)39-15-7-5-13-32(36)39)50(59)56(51(47)60)41-20-29(41)23-55-24-35(31-12-4-8-16-40(31)55)44-45(49(58)53-48(44)57)37-26-61-42-17-9-6-14-33(37)42/h1-19,21,24-27,29,41H,20,22-23H2,(H,53,57,58). The summed E-state index contributed by atoms with van der Waals surface area (Å²) in [4.78, 5) is 58.7. The van der Waals surface area contributed by atoms with Crippen molar-refractivity contribution in [2.45, 2.75) is 25.6 Å². The summed E-state index contributed by atoms with van der Waals surface area (Å²) >= 11 is 2.95. The molecule has 0 saturated heterocycles. The number of benzene rings is 5. The summed E-state index contributed by atoms with van der Waals surface area (Å²) in [5.74, 6) is -2.14. The van der Waals surface area contributed by atoms with E-state index >= 15 is 9.59 Å². The van der Waals surface area contributed by atoms with E-state index in [4.69, 9.17) is 0 Å². The van der Waals surface area contributed by atoms with E-state index in [2.05, 4.69) is 26.6 Å². The van der Waals surface area contributed by atoms with Gasteiger partial charge in [-0.15, -0.1) is 22.7 Å². The van der Waals surface area contributed by atoms with E-state index in [0.29, 0.717) is 58.3 Å². The fourth-order valence-electron chi connectivity index (χ4n) is 9.63. The molecule has 1 saturated carbocycles. The summed E-state index contributed by atoms with van der Waals surface area (Å²) in [6.45, 7) is 1.04. The Labute approximate surface area is 361 Å². The average molecular weight is 849 g/mol. The maximum Gasteiger partial charge on any atom is 0.262 e. The second kappa shape index (κ2) is 13.9. The number of carbonyl (C=O) groups is 4. The zero-order valence-corrected chi connectivity index (χ0v) is 34.4. The lowest BCUT2D eigenvalue weighted by Gasteiger charge is -2.16. The molecule has 4 amide bonds. The highest BCUT2D eigenvalue weighted by Gasteiger charge is 2.53. The van der Waals surface area contributed by atoms with Crippen molar-refractivity contribution in [3.8, 4) is 0 Å². The minimum atomic E-state index is -0.446. The Morgan fingerprint density at radius 2 is 1.11 bits per heavy atom. The molecule has 8 nitrogen and oxygen atoms in total. The van der Waals surface area contributed by atoms with Crippen molar-refractivity contribution < 1.29 is 23.6 Å². The molecule has 2 unspecified atom stereocenters. The Hall–Kier alpha value is -7.21. The third-order valence-corrected chi connectivity index (χ3v) is 14.5. The Morgan fingerprint density at radius 3 is 1.84 bits per heavy atom. The number of para-hydroxylation sites is 2. The highest BCUT2D eigenvalue weighted by molar-refractivity contribution is 7.18. The molecule has 0 spiro atoms. The van der Waals surface area contributed by atoms with Crippen LogP contribution in [-0.2, 0) is 32.3 Å². The number of hydrogen-bond donors (Lipinski definition) is 1. The van der Waals surface area contributed by atoms with Crippen LogP contribution in [0.25, 0.3) is 64.3 Å². The molecular weight excluding hydrogens is 816 g/mol. The quantitative estimate of drug-likeness (QED) is 0.146. The molecule has 1 aliphatic carbocycles. The Morgan fingerprint density at radius 1 is 0.565 bits per heavy atom. The van der Waals surface area contributed by atoms with Crippen LogP contribution in [0.2, 0.25) is 0 Å². The molecular formula is C51H33FN4O4S2. The Balaban J connectivity index is 0.934. The van der Waals surface area contributed by atoms with Crippen LogP contribution < -0.4 is 5.32 Å². The van der Waals surface area contributed by atoms with Gasteiger partial charge in [0.05, 0.1) is 22.3 Å². The van der Waals surface area contributed by atoms with E-state index in [1.54, 1.807) is 6.07 Å². The van der Waals surface area contributed by atoms with Crippen molar-refractivity contribution in [3.05, 3.63) is 178 Å². The first-order chi connectivity index (χ1) is 30.3. The summed E-state index contributed by atoms with van der Waals surface area (Å²) in [6.07, 6.45) is 4.49. The first-order valence-electron chi connectivity index (χ1n) is 20.4. The molecule has 2 aliphatic heterocycles. The van der Waals surface area contributed by atoms with E-state index in [1.807, 2.05) is 114 Å². The van der Waals surface area contributed by atoms with E-state index in [-0.39, 0.29) is 17.4 Å². The zero-order valence-electron chi connectivity index (χ0n) is 32.8. The summed E-state index contributed by atoms with van der Waals surface area (Å²) in [6, 6.07) is 37.8. The number of halogens is 1. The first kappa shape index (κ1) is 36.6. The van der Waals surface area contributed by atoms with E-state index in [9.17, 15) is 14.0 Å². The lowest BCUT2D eigenvalue weighted by Crippen LogP contribution is -2.35. The van der Waals surface area contributed by atoms with Crippen LogP contribution in [0.3, 0.4) is 0 Å². The normalized spacial score (nSPS) is 17.9. The minimum Gasteiger partial charge on any atom is -0.346 e. The molecule has 3 aliphatic rings. The fourth-order valence-corrected chi connectivity index (χ4v) is 11.5. The molecule has 1 N–H and O–H groups in total. The second-order valence-corrected chi connectivity index (χ2v) is 18.0. The van der Waals surface area contributed by atoms with Gasteiger partial charge in [0.25, 0.3) is 23.6 Å². The Kier molecular flexibility index (Phi) is 8.22. The molecule has 4 aromatic heterocycles. The van der Waals surface area contributed by atoms with Crippen molar-refractivity contribution >= 4 is 111 Å². The fraction of sp³-hybridized carbons (Fsp3) is 0.0980. The molecule has 300 valence electrons. The zero-order chi connectivity index (χ0) is 41.8. The molecule has 1 fully saturated rings. The first-order valence-corrected chi connectivity index (χ1v) is 22.1. The van der Waals surface area contributed by atoms with Gasteiger partial charge < -0.3 is 9.13 Å². The monoisotopic (exact) mass is 848 g/mol. The van der Waals surface area contributed by atoms with Crippen LogP contribution in [0.15, 0.2) is 144 Å². The van der Waals surface area contributed by atoms with Gasteiger partial charge in [0.15, 0.2) is 0 Å². The van der Waals surface area contributed by atoms with Crippen molar-refractivity contribution in [2.24, 2.45) is 5.92 Å². The Bertz CT molecular complexity index is 3500. The number of nitrogens with one attached hydrogen (secondary N) is 1. The molecule has 0 bridgehead atoms. The predicted molar refractivity (Wildman–Crippen MR) is 244 cm³/mol. The number of hydrogen-bond acceptors (Lipinski definition) is 6. The van der Waals surface area contributed by atoms with Crippen LogP contribution in [0.4, 0.5) is 4.39 Å². The largest absolute Gasteiger partial charge is 0.346 e. The number of rotatable bonds is 9. The summed E-state index contributed by atoms with van der Waals surface area (Å²) in [5, 5.41) is 9.53. The third-order valence-electron chi connectivity index (χ3n) is 12.6. The number of aromatic nitrogens is 2. The number of carbonyl (C=O) groups excluding carboxylic acids is 4. The molecule has 62 heavy (non-hydrogen) atoms. The van der Waals surface area contributed by atoms with Crippen LogP contribution in [0, 0.1) is 11.7 Å². The molecule has 9 aromatic rings. The van der Waals surface area contributed by atoms with Gasteiger partial charge in [-0.25, -0.2) is 4.39 Å². The number of nitrogens with zero attached hydrogens (tertiary/aromatic N) is 3. The predicted octanol–water partition coefficient (Wildman–Crippen LogP) is 10.1. The highest BCUT2D eigenvalue weighted by Crippen LogP contribution is 2.49. The maximum atomic E-state index is 15.1. The van der Waals surface area contributed by atoms with Crippen molar-refractivity contribution in [1.29, 1.82) is 0 Å². The lowest BCUT2D eigenvalue weighted by atomic mass is 9.95. The average Bonchev–Trinajstić information content (AvgIpc) is 3.81. The van der Waals surface area contributed by atoms with Crippen LogP contribution in [0.1, 0.15) is 34.2 Å². The van der Waals surface area contributed by atoms with Gasteiger partial charge in [0.2, 0.25) is 0 Å². The van der Waals surface area contributed by atoms with Crippen molar-refractivity contribution in [3.63, 3.8) is 0 Å². The SMILES string of the molecule is O=C1NC(=O)C(c2cn(CC3CC3N3C(=O)C(c4csc5ccc(F)cc45)=C(c4cn(Cc5ccccc5)c5ccccc45)C3=O)c3ccccc23)=C1c1csc2ccccc12. The third kappa shape index (κ3) is 5.62. The van der Waals surface area contributed by atoms with Crippen LogP contribution >= 0.6 is 22.7 Å². The van der Waals surface area contributed by atoms with E-state index in [0.717, 1.165) is 47.7 Å². The van der Waals surface area contributed by atoms with Crippen molar-refractivity contribution in [1.82, 2.24) is 19.4 Å². The van der Waals surface area contributed by atoms with Crippen LogP contribution in [-0.4, -0.2) is 43.7 Å². The smallest absolute Gasteiger partial charge is 0.262 e. The van der Waals surface area contributed by atoms with Gasteiger partial charge >= 0.3 is 0 Å². The van der Waals surface area contributed by atoms with Gasteiger partial charge in [0.1, 0.15) is 5.82 Å². The highest BCUT2D eigenvalue weighted by atomic mass is 32.1. The summed E-state index contributed by atoms with van der Waals surface area (Å²) < 4.78 is 20.9. The van der Waals surface area contributed by atoms with Crippen LogP contribution in [0.5, 0.6) is 0 Å². The number of imide groups is 2. The molecule has 12 rings (SSSR count). The van der Waals surface area contributed by atoms with Gasteiger partial charge in [-0.3, -0.25) is 29.4 Å².